The van der Waals surface area contributed by atoms with Crippen molar-refractivity contribution in [2.75, 3.05) is 0 Å². The number of hydrogen-bond donors (Lipinski definition) is 1. The molecule has 0 atom stereocenters. The number of benzene rings is 1. The third kappa shape index (κ3) is 2.45. The van der Waals surface area contributed by atoms with E-state index >= 15 is 0 Å². The Hall–Kier alpha value is -1.50. The van der Waals surface area contributed by atoms with Crippen molar-refractivity contribution in [3.63, 3.8) is 0 Å². The first-order chi connectivity index (χ1) is 11.0. The van der Waals surface area contributed by atoms with Gasteiger partial charge in [-0.3, -0.25) is 0 Å². The van der Waals surface area contributed by atoms with Gasteiger partial charge in [0.15, 0.2) is 0 Å². The predicted molar refractivity (Wildman–Crippen MR) is 97.3 cm³/mol. The summed E-state index contributed by atoms with van der Waals surface area (Å²) in [5.74, 6) is 1.31. The minimum absolute atomic E-state index is 0.331. The molecule has 0 saturated heterocycles. The van der Waals surface area contributed by atoms with Crippen LogP contribution >= 0.6 is 0 Å². The molecule has 0 unspecified atom stereocenters. The van der Waals surface area contributed by atoms with Crippen LogP contribution in [0.1, 0.15) is 80.1 Å². The summed E-state index contributed by atoms with van der Waals surface area (Å²) in [6, 6.07) is 9.81. The number of aromatic amines is 1. The first-order valence-electron chi connectivity index (χ1n) is 9.34. The normalized spacial score (nSPS) is 18.2. The van der Waals surface area contributed by atoms with Crippen LogP contribution in [-0.2, 0) is 24.7 Å². The summed E-state index contributed by atoms with van der Waals surface area (Å²) in [6.07, 6.45) is 6.20. The van der Waals surface area contributed by atoms with E-state index in [9.17, 15) is 0 Å². The number of aryl methyl sites for hydroxylation is 2. The SMILES string of the molecule is CC(C)Cc1ccc2c(c1)C1(CC1)c1cc(C(C)C)[nH]c1CC2. The van der Waals surface area contributed by atoms with Crippen molar-refractivity contribution in [2.24, 2.45) is 5.92 Å². The standard InChI is InChI=1S/C22H29N/c1-14(2)11-16-5-6-17-7-8-20-19(13-21(23-20)15(3)4)22(9-10-22)18(17)12-16/h5-6,12-15,23H,7-11H2,1-4H3. The van der Waals surface area contributed by atoms with E-state index in [1.807, 2.05) is 0 Å². The summed E-state index contributed by atoms with van der Waals surface area (Å²) in [7, 11) is 0. The fourth-order valence-electron chi connectivity index (χ4n) is 4.41. The fourth-order valence-corrected chi connectivity index (χ4v) is 4.41. The fraction of sp³-hybridized carbons (Fsp3) is 0.545. The Bertz CT molecular complexity index is 728. The first kappa shape index (κ1) is 15.1. The largest absolute Gasteiger partial charge is 0.362 e. The van der Waals surface area contributed by atoms with Crippen molar-refractivity contribution >= 4 is 0 Å². The quantitative estimate of drug-likeness (QED) is 0.769. The highest BCUT2D eigenvalue weighted by Crippen LogP contribution is 2.57. The van der Waals surface area contributed by atoms with Gasteiger partial charge < -0.3 is 4.98 Å². The van der Waals surface area contributed by atoms with E-state index < -0.39 is 0 Å². The highest BCUT2D eigenvalue weighted by atomic mass is 14.8. The molecule has 0 radical (unpaired) electrons. The van der Waals surface area contributed by atoms with Crippen LogP contribution in [0.25, 0.3) is 0 Å². The van der Waals surface area contributed by atoms with Crippen LogP contribution in [-0.4, -0.2) is 4.98 Å². The van der Waals surface area contributed by atoms with Crippen LogP contribution < -0.4 is 0 Å². The van der Waals surface area contributed by atoms with Gasteiger partial charge in [-0.05, 0) is 72.3 Å². The van der Waals surface area contributed by atoms with Gasteiger partial charge in [0.25, 0.3) is 0 Å². The molecule has 1 spiro atoms. The monoisotopic (exact) mass is 307 g/mol. The molecular weight excluding hydrogens is 278 g/mol. The second-order valence-corrected chi connectivity index (χ2v) is 8.44. The van der Waals surface area contributed by atoms with Crippen molar-refractivity contribution < 1.29 is 0 Å². The van der Waals surface area contributed by atoms with Crippen LogP contribution in [0.2, 0.25) is 0 Å². The number of nitrogens with one attached hydrogen (secondary N) is 1. The lowest BCUT2D eigenvalue weighted by molar-refractivity contribution is 0.645. The van der Waals surface area contributed by atoms with Crippen molar-refractivity contribution in [3.05, 3.63) is 57.9 Å². The average Bonchev–Trinajstić information content (AvgIpc) is 3.20. The minimum atomic E-state index is 0.331. The molecular formula is C22H29N. The highest BCUT2D eigenvalue weighted by molar-refractivity contribution is 5.54. The van der Waals surface area contributed by atoms with E-state index in [2.05, 4.69) is 56.9 Å². The number of H-pyrrole nitrogens is 1. The van der Waals surface area contributed by atoms with Crippen LogP contribution in [0.15, 0.2) is 24.3 Å². The molecule has 1 N–H and O–H groups in total. The Labute approximate surface area is 140 Å². The lowest BCUT2D eigenvalue weighted by Crippen LogP contribution is -2.11. The molecule has 1 aromatic heterocycles. The Balaban J connectivity index is 1.81. The molecule has 2 aromatic rings. The molecule has 0 aliphatic heterocycles. The molecule has 1 heterocycles. The van der Waals surface area contributed by atoms with E-state index in [1.54, 1.807) is 16.7 Å². The summed E-state index contributed by atoms with van der Waals surface area (Å²) >= 11 is 0. The zero-order valence-electron chi connectivity index (χ0n) is 15.0. The van der Waals surface area contributed by atoms with Gasteiger partial charge in [-0.1, -0.05) is 45.9 Å². The molecule has 1 nitrogen and oxygen atoms in total. The third-order valence-corrected chi connectivity index (χ3v) is 5.79. The molecule has 4 rings (SSSR count). The summed E-state index contributed by atoms with van der Waals surface area (Å²) < 4.78 is 0. The van der Waals surface area contributed by atoms with E-state index in [1.165, 1.54) is 49.1 Å². The average molecular weight is 307 g/mol. The summed E-state index contributed by atoms with van der Waals surface area (Å²) in [6.45, 7) is 9.22. The van der Waals surface area contributed by atoms with Crippen LogP contribution in [0.4, 0.5) is 0 Å². The molecule has 0 amide bonds. The second kappa shape index (κ2) is 5.26. The Morgan fingerprint density at radius 3 is 2.43 bits per heavy atom. The van der Waals surface area contributed by atoms with Crippen LogP contribution in [0.5, 0.6) is 0 Å². The van der Waals surface area contributed by atoms with Gasteiger partial charge in [-0.15, -0.1) is 0 Å². The molecule has 0 bridgehead atoms. The molecule has 23 heavy (non-hydrogen) atoms. The van der Waals surface area contributed by atoms with Crippen molar-refractivity contribution in [1.82, 2.24) is 4.98 Å². The summed E-state index contributed by atoms with van der Waals surface area (Å²) in [5.41, 5.74) is 9.62. The van der Waals surface area contributed by atoms with Crippen molar-refractivity contribution in [3.8, 4) is 0 Å². The van der Waals surface area contributed by atoms with Gasteiger partial charge in [-0.25, -0.2) is 0 Å². The minimum Gasteiger partial charge on any atom is -0.362 e. The van der Waals surface area contributed by atoms with Gasteiger partial charge in [-0.2, -0.15) is 0 Å². The molecule has 1 heteroatoms. The van der Waals surface area contributed by atoms with E-state index in [-0.39, 0.29) is 0 Å². The third-order valence-electron chi connectivity index (χ3n) is 5.79. The van der Waals surface area contributed by atoms with Gasteiger partial charge in [0.05, 0.1) is 0 Å². The zero-order chi connectivity index (χ0) is 16.2. The Morgan fingerprint density at radius 1 is 1.00 bits per heavy atom. The maximum atomic E-state index is 3.75. The van der Waals surface area contributed by atoms with E-state index in [0.717, 1.165) is 5.92 Å². The van der Waals surface area contributed by atoms with Crippen molar-refractivity contribution in [1.29, 1.82) is 0 Å². The van der Waals surface area contributed by atoms with Crippen LogP contribution in [0.3, 0.4) is 0 Å². The maximum Gasteiger partial charge on any atom is 0.0224 e. The lowest BCUT2D eigenvalue weighted by Gasteiger charge is -2.19. The van der Waals surface area contributed by atoms with E-state index in [4.69, 9.17) is 0 Å². The van der Waals surface area contributed by atoms with E-state index in [0.29, 0.717) is 11.3 Å². The molecule has 2 aliphatic carbocycles. The molecule has 1 fully saturated rings. The van der Waals surface area contributed by atoms with Gasteiger partial charge in [0.1, 0.15) is 0 Å². The number of hydrogen-bond acceptors (Lipinski definition) is 0. The summed E-state index contributed by atoms with van der Waals surface area (Å²) in [5, 5.41) is 0. The molecule has 2 aliphatic rings. The Morgan fingerprint density at radius 2 is 1.78 bits per heavy atom. The summed E-state index contributed by atoms with van der Waals surface area (Å²) in [4.78, 5) is 3.75. The lowest BCUT2D eigenvalue weighted by atomic mass is 9.84. The predicted octanol–water partition coefficient (Wildman–Crippen LogP) is 5.52. The van der Waals surface area contributed by atoms with Crippen molar-refractivity contribution in [2.45, 2.75) is 71.1 Å². The number of rotatable bonds is 3. The number of fused-ring (bicyclic) bond motifs is 4. The first-order valence-corrected chi connectivity index (χ1v) is 9.34. The van der Waals surface area contributed by atoms with Gasteiger partial charge in [0.2, 0.25) is 0 Å². The Kier molecular flexibility index (Phi) is 3.44. The number of aromatic nitrogens is 1. The smallest absolute Gasteiger partial charge is 0.0224 e. The second-order valence-electron chi connectivity index (χ2n) is 8.44. The van der Waals surface area contributed by atoms with Gasteiger partial charge in [0, 0.05) is 16.8 Å². The maximum absolute atomic E-state index is 3.75. The zero-order valence-corrected chi connectivity index (χ0v) is 15.0. The molecule has 1 aromatic carbocycles. The highest BCUT2D eigenvalue weighted by Gasteiger charge is 2.49. The van der Waals surface area contributed by atoms with Crippen LogP contribution in [0, 0.1) is 5.92 Å². The topological polar surface area (TPSA) is 15.8 Å². The molecule has 1 saturated carbocycles. The van der Waals surface area contributed by atoms with Gasteiger partial charge >= 0.3 is 0 Å². The molecule has 122 valence electrons.